The molecule has 0 radical (unpaired) electrons. The van der Waals surface area contributed by atoms with Crippen LogP contribution in [0.5, 0.6) is 0 Å². The molecule has 0 saturated carbocycles. The molecule has 0 aromatic carbocycles. The third-order valence-electron chi connectivity index (χ3n) is 10.9. The number of rotatable bonds is 43. The Balaban J connectivity index is 4.55. The van der Waals surface area contributed by atoms with Crippen LogP contribution >= 0.6 is 0 Å². The van der Waals surface area contributed by atoms with E-state index in [4.69, 9.17) is 4.74 Å². The molecule has 3 N–H and O–H groups in total. The third kappa shape index (κ3) is 41.8. The van der Waals surface area contributed by atoms with Crippen LogP contribution in [0.15, 0.2) is 72.9 Å². The van der Waals surface area contributed by atoms with Gasteiger partial charge >= 0.3 is 5.97 Å². The van der Waals surface area contributed by atoms with Crippen molar-refractivity contribution in [3.8, 4) is 0 Å². The first kappa shape index (κ1) is 56.3. The lowest BCUT2D eigenvalue weighted by Crippen LogP contribution is -2.46. The van der Waals surface area contributed by atoms with Gasteiger partial charge in [-0.1, -0.05) is 222 Å². The maximum absolute atomic E-state index is 13.1. The van der Waals surface area contributed by atoms with E-state index in [1.165, 1.54) is 83.5 Å². The van der Waals surface area contributed by atoms with E-state index in [9.17, 15) is 19.8 Å². The number of unbranched alkanes of at least 4 members (excludes halogenated alkanes) is 23. The second-order valence-electron chi connectivity index (χ2n) is 16.6. The highest BCUT2D eigenvalue weighted by Gasteiger charge is 2.24. The van der Waals surface area contributed by atoms with E-state index in [1.807, 2.05) is 24.3 Å². The highest BCUT2D eigenvalue weighted by molar-refractivity contribution is 5.77. The maximum atomic E-state index is 13.1. The fraction of sp³-hybridized carbons (Fsp3) is 0.736. The van der Waals surface area contributed by atoms with Gasteiger partial charge in [0.1, 0.15) is 6.10 Å². The van der Waals surface area contributed by atoms with E-state index in [0.717, 1.165) is 96.3 Å². The van der Waals surface area contributed by atoms with Gasteiger partial charge in [0.05, 0.1) is 25.2 Å². The van der Waals surface area contributed by atoms with Gasteiger partial charge in [0.15, 0.2) is 0 Å². The summed E-state index contributed by atoms with van der Waals surface area (Å²) in [6, 6.07) is -0.713. The van der Waals surface area contributed by atoms with Crippen LogP contribution in [-0.2, 0) is 14.3 Å². The molecule has 59 heavy (non-hydrogen) atoms. The average Bonchev–Trinajstić information content (AvgIpc) is 3.23. The average molecular weight is 824 g/mol. The smallest absolute Gasteiger partial charge is 0.306 e. The van der Waals surface area contributed by atoms with Crippen LogP contribution in [0.2, 0.25) is 0 Å². The SMILES string of the molecule is CCC/C=C/C=C/C=C/C=C/C=C/CCCCCCCC(=O)OC(CCCCC/C=C\CCCC)CC(=O)NC(CO)C(O)CCCCCCCCCCCCCCC. The topological polar surface area (TPSA) is 95.9 Å². The number of aliphatic hydroxyl groups excluding tert-OH is 2. The Morgan fingerprint density at radius 3 is 1.49 bits per heavy atom. The minimum atomic E-state index is -0.797. The highest BCUT2D eigenvalue weighted by Crippen LogP contribution is 2.17. The van der Waals surface area contributed by atoms with Gasteiger partial charge in [0.25, 0.3) is 0 Å². The van der Waals surface area contributed by atoms with Gasteiger partial charge in [-0.2, -0.15) is 0 Å². The molecule has 0 aliphatic carbocycles. The number of carbonyl (C=O) groups is 2. The summed E-state index contributed by atoms with van der Waals surface area (Å²) in [5.41, 5.74) is 0. The molecule has 0 aliphatic heterocycles. The Morgan fingerprint density at radius 2 is 0.932 bits per heavy atom. The van der Waals surface area contributed by atoms with Crippen LogP contribution < -0.4 is 5.32 Å². The van der Waals surface area contributed by atoms with Crippen molar-refractivity contribution in [2.24, 2.45) is 0 Å². The summed E-state index contributed by atoms with van der Waals surface area (Å²) in [5.74, 6) is -0.524. The van der Waals surface area contributed by atoms with Crippen LogP contribution in [0.4, 0.5) is 0 Å². The van der Waals surface area contributed by atoms with Gasteiger partial charge < -0.3 is 20.3 Å². The van der Waals surface area contributed by atoms with Crippen molar-refractivity contribution >= 4 is 11.9 Å². The summed E-state index contributed by atoms with van der Waals surface area (Å²) in [4.78, 5) is 26.0. The molecule has 0 saturated heterocycles. The van der Waals surface area contributed by atoms with Crippen LogP contribution in [0.25, 0.3) is 0 Å². The molecule has 0 aromatic rings. The van der Waals surface area contributed by atoms with Crippen molar-refractivity contribution in [2.45, 2.75) is 244 Å². The van der Waals surface area contributed by atoms with E-state index < -0.39 is 18.2 Å². The zero-order valence-corrected chi connectivity index (χ0v) is 38.6. The molecular weight excluding hydrogens is 731 g/mol. The molecule has 0 bridgehead atoms. The van der Waals surface area contributed by atoms with E-state index in [0.29, 0.717) is 19.3 Å². The van der Waals surface area contributed by atoms with Crippen molar-refractivity contribution in [3.63, 3.8) is 0 Å². The van der Waals surface area contributed by atoms with Gasteiger partial charge in [-0.05, 0) is 64.2 Å². The second kappa shape index (κ2) is 46.4. The van der Waals surface area contributed by atoms with E-state index in [2.05, 4.69) is 74.7 Å². The first-order valence-electron chi connectivity index (χ1n) is 24.7. The number of aliphatic hydroxyl groups is 2. The number of allylic oxidation sites excluding steroid dienone is 12. The minimum Gasteiger partial charge on any atom is -0.462 e. The molecule has 6 nitrogen and oxygen atoms in total. The quantitative estimate of drug-likeness (QED) is 0.0246. The lowest BCUT2D eigenvalue weighted by atomic mass is 10.0. The lowest BCUT2D eigenvalue weighted by Gasteiger charge is -2.24. The predicted octanol–water partition coefficient (Wildman–Crippen LogP) is 14.6. The minimum absolute atomic E-state index is 0.0530. The summed E-state index contributed by atoms with van der Waals surface area (Å²) < 4.78 is 5.89. The van der Waals surface area contributed by atoms with Crippen LogP contribution in [-0.4, -0.2) is 46.9 Å². The van der Waals surface area contributed by atoms with Gasteiger partial charge in [0.2, 0.25) is 5.91 Å². The molecule has 3 unspecified atom stereocenters. The fourth-order valence-corrected chi connectivity index (χ4v) is 7.09. The second-order valence-corrected chi connectivity index (χ2v) is 16.6. The normalized spacial score (nSPS) is 13.9. The molecule has 0 aliphatic rings. The Morgan fingerprint density at radius 1 is 0.492 bits per heavy atom. The summed E-state index contributed by atoms with van der Waals surface area (Å²) in [6.07, 6.45) is 58.1. The largest absolute Gasteiger partial charge is 0.462 e. The van der Waals surface area contributed by atoms with Crippen LogP contribution in [0.1, 0.15) is 226 Å². The number of esters is 1. The maximum Gasteiger partial charge on any atom is 0.306 e. The van der Waals surface area contributed by atoms with E-state index in [-0.39, 0.29) is 24.9 Å². The number of amides is 1. The van der Waals surface area contributed by atoms with Crippen molar-refractivity contribution in [2.75, 3.05) is 6.61 Å². The summed E-state index contributed by atoms with van der Waals surface area (Å²) in [6.45, 7) is 6.33. The molecular formula is C53H93NO5. The van der Waals surface area contributed by atoms with Gasteiger partial charge in [0, 0.05) is 6.42 Å². The Hall–Kier alpha value is -2.70. The zero-order chi connectivity index (χ0) is 43.1. The molecule has 0 fully saturated rings. The van der Waals surface area contributed by atoms with Crippen molar-refractivity contribution < 1.29 is 24.5 Å². The van der Waals surface area contributed by atoms with E-state index in [1.54, 1.807) is 0 Å². The summed E-state index contributed by atoms with van der Waals surface area (Å²) in [5, 5.41) is 23.7. The lowest BCUT2D eigenvalue weighted by molar-refractivity contribution is -0.151. The number of nitrogens with one attached hydrogen (secondary N) is 1. The molecule has 0 aromatic heterocycles. The molecule has 0 spiro atoms. The molecule has 3 atom stereocenters. The highest BCUT2D eigenvalue weighted by atomic mass is 16.5. The molecule has 0 heterocycles. The number of ether oxygens (including phenoxy) is 1. The van der Waals surface area contributed by atoms with Gasteiger partial charge in [-0.3, -0.25) is 9.59 Å². The van der Waals surface area contributed by atoms with Crippen LogP contribution in [0, 0.1) is 0 Å². The van der Waals surface area contributed by atoms with Crippen LogP contribution in [0.3, 0.4) is 0 Å². The molecule has 0 rings (SSSR count). The van der Waals surface area contributed by atoms with Gasteiger partial charge in [-0.25, -0.2) is 0 Å². The Labute approximate surface area is 364 Å². The standard InChI is InChI=1S/C53H93NO5/c1-4-7-10-13-16-19-21-23-24-25-26-27-29-31-34-37-40-43-46-53(58)59-49(44-41-38-35-32-18-15-12-9-6-3)47-52(57)54-50(48-55)51(56)45-42-39-36-33-30-28-22-20-17-14-11-8-5-2/h10,13,15-16,18-19,21,23-27,49-51,55-56H,4-9,11-12,14,17,20,22,28-48H2,1-3H3,(H,54,57)/b13-10+,18-15-,19-16+,23-21+,25-24+,27-26+. The van der Waals surface area contributed by atoms with E-state index >= 15 is 0 Å². The van der Waals surface area contributed by atoms with Gasteiger partial charge in [-0.15, -0.1) is 0 Å². The van der Waals surface area contributed by atoms with Crippen molar-refractivity contribution in [1.82, 2.24) is 5.32 Å². The third-order valence-corrected chi connectivity index (χ3v) is 10.9. The summed E-state index contributed by atoms with van der Waals surface area (Å²) >= 11 is 0. The fourth-order valence-electron chi connectivity index (χ4n) is 7.09. The van der Waals surface area contributed by atoms with Crippen molar-refractivity contribution in [1.29, 1.82) is 0 Å². The molecule has 6 heteroatoms. The molecule has 1 amide bonds. The number of hydrogen-bond donors (Lipinski definition) is 3. The predicted molar refractivity (Wildman–Crippen MR) is 255 cm³/mol. The number of hydrogen-bond acceptors (Lipinski definition) is 5. The Bertz CT molecular complexity index is 1110. The van der Waals surface area contributed by atoms with Crippen molar-refractivity contribution in [3.05, 3.63) is 72.9 Å². The molecule has 340 valence electrons. The zero-order valence-electron chi connectivity index (χ0n) is 38.6. The number of carbonyl (C=O) groups excluding carboxylic acids is 2. The first-order valence-corrected chi connectivity index (χ1v) is 24.7. The first-order chi connectivity index (χ1) is 29.0. The monoisotopic (exact) mass is 824 g/mol. The Kier molecular flexibility index (Phi) is 44.2. The summed E-state index contributed by atoms with van der Waals surface area (Å²) in [7, 11) is 0.